The van der Waals surface area contributed by atoms with Crippen LogP contribution < -0.4 is 4.74 Å². The smallest absolute Gasteiger partial charge is 0.242 e. The van der Waals surface area contributed by atoms with Crippen molar-refractivity contribution in [2.75, 3.05) is 7.11 Å². The first-order valence-electron chi connectivity index (χ1n) is 8.99. The van der Waals surface area contributed by atoms with Gasteiger partial charge in [-0.2, -0.15) is 0 Å². The summed E-state index contributed by atoms with van der Waals surface area (Å²) >= 11 is 6.96. The predicted octanol–water partition coefficient (Wildman–Crippen LogP) is 4.49. The van der Waals surface area contributed by atoms with Crippen LogP contribution in [0.15, 0.2) is 36.7 Å². The molecule has 0 unspecified atom stereocenters. The third kappa shape index (κ3) is 4.33. The summed E-state index contributed by atoms with van der Waals surface area (Å²) in [7, 11) is 1.70. The molecular weight excluding hydrogens is 376 g/mol. The Labute approximate surface area is 170 Å². The van der Waals surface area contributed by atoms with Crippen molar-refractivity contribution in [3.05, 3.63) is 58.9 Å². The summed E-state index contributed by atoms with van der Waals surface area (Å²) < 4.78 is 6.17. The molecule has 27 heavy (non-hydrogen) atoms. The minimum atomic E-state index is -0.179. The number of pyridine rings is 1. The highest BCUT2D eigenvalue weighted by atomic mass is 32.2. The largest absolute Gasteiger partial charge is 0.496 e. The molecule has 2 heterocycles. The number of rotatable bonds is 6. The number of hydrogen-bond donors (Lipinski definition) is 0. The van der Waals surface area contributed by atoms with Crippen LogP contribution in [0.1, 0.15) is 42.0 Å². The van der Waals surface area contributed by atoms with Crippen LogP contribution in [0.25, 0.3) is 0 Å². The average Bonchev–Trinajstić information content (AvgIpc) is 2.91. The molecule has 142 valence electrons. The second-order valence-corrected chi connectivity index (χ2v) is 8.87. The summed E-state index contributed by atoms with van der Waals surface area (Å²) in [5, 5.41) is -0.179. The van der Waals surface area contributed by atoms with Gasteiger partial charge in [0.05, 0.1) is 18.9 Å². The number of ether oxygens (including phenoxy) is 1. The van der Waals surface area contributed by atoms with E-state index in [0.29, 0.717) is 23.2 Å². The summed E-state index contributed by atoms with van der Waals surface area (Å²) in [5.74, 6) is 1.34. The molecule has 2 aromatic rings. The normalized spacial score (nSPS) is 17.1. The molecule has 6 heteroatoms. The van der Waals surface area contributed by atoms with Gasteiger partial charge in [0.2, 0.25) is 5.91 Å². The molecule has 1 aliphatic heterocycles. The molecule has 1 amide bonds. The maximum absolute atomic E-state index is 13.0. The van der Waals surface area contributed by atoms with E-state index < -0.39 is 0 Å². The van der Waals surface area contributed by atoms with E-state index >= 15 is 0 Å². The zero-order valence-corrected chi connectivity index (χ0v) is 17.7. The van der Waals surface area contributed by atoms with Gasteiger partial charge >= 0.3 is 0 Å². The molecule has 0 saturated carbocycles. The quantitative estimate of drug-likeness (QED) is 0.668. The standard InChI is InChI=1S/C21H24N2O2S2/c1-13(2)17-9-16(14(3)8-18(17)25-4)10-19-20(24)23(21(26)27-19)12-15-6-5-7-22-11-15/h5-9,11,13,19H,10,12H2,1-4H3/t19-/m0/s1. The van der Waals surface area contributed by atoms with E-state index in [-0.39, 0.29) is 11.2 Å². The Morgan fingerprint density at radius 3 is 2.78 bits per heavy atom. The van der Waals surface area contributed by atoms with Crippen molar-refractivity contribution < 1.29 is 9.53 Å². The fraction of sp³-hybridized carbons (Fsp3) is 0.381. The average molecular weight is 401 g/mol. The Kier molecular flexibility index (Phi) is 6.17. The highest BCUT2D eigenvalue weighted by Crippen LogP contribution is 2.35. The van der Waals surface area contributed by atoms with Crippen molar-refractivity contribution >= 4 is 34.2 Å². The predicted molar refractivity (Wildman–Crippen MR) is 114 cm³/mol. The van der Waals surface area contributed by atoms with Crippen LogP contribution in [0.5, 0.6) is 5.75 Å². The first-order valence-corrected chi connectivity index (χ1v) is 10.3. The lowest BCUT2D eigenvalue weighted by Crippen LogP contribution is -2.31. The lowest BCUT2D eigenvalue weighted by atomic mass is 9.94. The first-order chi connectivity index (χ1) is 12.9. The first kappa shape index (κ1) is 19.8. The third-order valence-electron chi connectivity index (χ3n) is 4.78. The van der Waals surface area contributed by atoms with Crippen LogP contribution in [0.3, 0.4) is 0 Å². The Bertz CT molecular complexity index is 853. The summed E-state index contributed by atoms with van der Waals surface area (Å²) in [6, 6.07) is 8.08. The lowest BCUT2D eigenvalue weighted by Gasteiger charge is -2.18. The van der Waals surface area contributed by atoms with Crippen LogP contribution >= 0.6 is 24.0 Å². The molecule has 1 aromatic heterocycles. The number of hydrogen-bond acceptors (Lipinski definition) is 5. The number of carbonyl (C=O) groups is 1. The van der Waals surface area contributed by atoms with Gasteiger partial charge < -0.3 is 4.74 Å². The van der Waals surface area contributed by atoms with Crippen molar-refractivity contribution in [1.29, 1.82) is 0 Å². The highest BCUT2D eigenvalue weighted by Gasteiger charge is 2.37. The van der Waals surface area contributed by atoms with Gasteiger partial charge in [-0.1, -0.05) is 50.0 Å². The van der Waals surface area contributed by atoms with E-state index in [1.54, 1.807) is 24.4 Å². The number of nitrogens with zero attached hydrogens (tertiary/aromatic N) is 2. The fourth-order valence-electron chi connectivity index (χ4n) is 3.24. The molecule has 0 N–H and O–H groups in total. The second-order valence-electron chi connectivity index (χ2n) is 7.04. The molecule has 1 atom stereocenters. The molecule has 1 aliphatic rings. The molecule has 0 bridgehead atoms. The Balaban J connectivity index is 1.79. The maximum atomic E-state index is 13.0. The van der Waals surface area contributed by atoms with Crippen LogP contribution in [0.4, 0.5) is 0 Å². The molecule has 1 saturated heterocycles. The summed E-state index contributed by atoms with van der Waals surface area (Å²) in [6.07, 6.45) is 4.17. The van der Waals surface area contributed by atoms with Crippen molar-refractivity contribution in [2.45, 2.75) is 44.9 Å². The van der Waals surface area contributed by atoms with Crippen LogP contribution in [0, 0.1) is 6.92 Å². The topological polar surface area (TPSA) is 42.4 Å². The lowest BCUT2D eigenvalue weighted by molar-refractivity contribution is -0.126. The SMILES string of the molecule is COc1cc(C)c(C[C@@H]2SC(=S)N(Cc3cccnc3)C2=O)cc1C(C)C. The number of amides is 1. The number of benzene rings is 1. The number of methoxy groups -OCH3 is 1. The highest BCUT2D eigenvalue weighted by molar-refractivity contribution is 8.24. The van der Waals surface area contributed by atoms with E-state index in [4.69, 9.17) is 17.0 Å². The molecule has 0 radical (unpaired) electrons. The van der Waals surface area contributed by atoms with Gasteiger partial charge in [0.25, 0.3) is 0 Å². The van der Waals surface area contributed by atoms with Gasteiger partial charge in [-0.3, -0.25) is 14.7 Å². The van der Waals surface area contributed by atoms with Gasteiger partial charge in [-0.15, -0.1) is 0 Å². The van der Waals surface area contributed by atoms with Gasteiger partial charge in [0, 0.05) is 12.4 Å². The van der Waals surface area contributed by atoms with Gasteiger partial charge in [-0.25, -0.2) is 0 Å². The van der Waals surface area contributed by atoms with E-state index in [2.05, 4.69) is 37.9 Å². The van der Waals surface area contributed by atoms with Gasteiger partial charge in [0.1, 0.15) is 10.1 Å². The van der Waals surface area contributed by atoms with E-state index in [1.807, 2.05) is 12.1 Å². The monoisotopic (exact) mass is 400 g/mol. The molecular formula is C21H24N2O2S2. The second kappa shape index (κ2) is 8.40. The van der Waals surface area contributed by atoms with Crippen LogP contribution in [-0.2, 0) is 17.8 Å². The van der Waals surface area contributed by atoms with Crippen molar-refractivity contribution in [3.8, 4) is 5.75 Å². The number of thiocarbonyl (C=S) groups is 1. The van der Waals surface area contributed by atoms with E-state index in [1.165, 1.54) is 22.9 Å². The minimum Gasteiger partial charge on any atom is -0.496 e. The van der Waals surface area contributed by atoms with Crippen molar-refractivity contribution in [2.24, 2.45) is 0 Å². The van der Waals surface area contributed by atoms with Gasteiger partial charge in [0.15, 0.2) is 0 Å². The number of aromatic nitrogens is 1. The Hall–Kier alpha value is -1.92. The molecule has 3 rings (SSSR count). The van der Waals surface area contributed by atoms with E-state index in [9.17, 15) is 4.79 Å². The summed E-state index contributed by atoms with van der Waals surface area (Å²) in [4.78, 5) is 18.8. The van der Waals surface area contributed by atoms with Gasteiger partial charge in [-0.05, 0) is 53.6 Å². The number of thioether (sulfide) groups is 1. The van der Waals surface area contributed by atoms with E-state index in [0.717, 1.165) is 16.9 Å². The maximum Gasteiger partial charge on any atom is 0.242 e. The van der Waals surface area contributed by atoms with Crippen LogP contribution in [0.2, 0.25) is 0 Å². The number of carbonyl (C=O) groups excluding carboxylic acids is 1. The zero-order chi connectivity index (χ0) is 19.6. The zero-order valence-electron chi connectivity index (χ0n) is 16.1. The molecule has 1 fully saturated rings. The summed E-state index contributed by atoms with van der Waals surface area (Å²) in [5.41, 5.74) is 4.47. The molecule has 0 spiro atoms. The summed E-state index contributed by atoms with van der Waals surface area (Å²) in [6.45, 7) is 6.85. The minimum absolute atomic E-state index is 0.0789. The third-order valence-corrected chi connectivity index (χ3v) is 6.37. The fourth-order valence-corrected chi connectivity index (χ4v) is 4.76. The molecule has 1 aromatic carbocycles. The Morgan fingerprint density at radius 2 is 2.15 bits per heavy atom. The Morgan fingerprint density at radius 1 is 1.37 bits per heavy atom. The van der Waals surface area contributed by atoms with Crippen molar-refractivity contribution in [3.63, 3.8) is 0 Å². The van der Waals surface area contributed by atoms with Crippen LogP contribution in [-0.4, -0.2) is 32.5 Å². The number of aryl methyl sites for hydroxylation is 1. The molecule has 4 nitrogen and oxygen atoms in total. The molecule has 0 aliphatic carbocycles. The van der Waals surface area contributed by atoms with Crippen molar-refractivity contribution in [1.82, 2.24) is 9.88 Å².